The molecule has 35 heavy (non-hydrogen) atoms. The quantitative estimate of drug-likeness (QED) is 0.269. The maximum atomic E-state index is 12.4. The third-order valence-electron chi connectivity index (χ3n) is 6.20. The number of carbonyl (C=O) groups is 1. The van der Waals surface area contributed by atoms with Crippen LogP contribution in [-0.2, 0) is 6.54 Å². The molecule has 1 aromatic heterocycles. The third kappa shape index (κ3) is 4.23. The van der Waals surface area contributed by atoms with Crippen LogP contribution in [0.1, 0.15) is 32.6 Å². The Bertz CT molecular complexity index is 1660. The van der Waals surface area contributed by atoms with Gasteiger partial charge in [0.05, 0.1) is 11.8 Å². The summed E-state index contributed by atoms with van der Waals surface area (Å²) >= 11 is 0. The zero-order chi connectivity index (χ0) is 24.4. The van der Waals surface area contributed by atoms with Gasteiger partial charge in [-0.05, 0) is 59.2 Å². The van der Waals surface area contributed by atoms with Crippen LogP contribution in [0.15, 0.2) is 90.2 Å². The second-order valence-corrected chi connectivity index (χ2v) is 8.35. The molecule has 2 N–H and O–H groups in total. The van der Waals surface area contributed by atoms with E-state index in [9.17, 15) is 9.90 Å². The predicted octanol–water partition coefficient (Wildman–Crippen LogP) is 5.49. The summed E-state index contributed by atoms with van der Waals surface area (Å²) in [5.74, 6) is -0.628. The number of aromatic hydroxyl groups is 1. The van der Waals surface area contributed by atoms with Crippen LogP contribution in [0, 0.1) is 18.3 Å². The average Bonchev–Trinajstić information content (AvgIpc) is 3.29. The molecule has 5 aromatic rings. The molecule has 1 amide bonds. The second kappa shape index (κ2) is 9.16. The van der Waals surface area contributed by atoms with Crippen LogP contribution in [0.25, 0.3) is 21.7 Å². The monoisotopic (exact) mass is 458 g/mol. The number of nitrogens with one attached hydrogen (secondary N) is 1. The minimum absolute atomic E-state index is 0.0363. The molecule has 0 radical (unpaired) electrons. The van der Waals surface area contributed by atoms with Crippen LogP contribution in [-0.4, -0.2) is 21.8 Å². The van der Waals surface area contributed by atoms with Gasteiger partial charge in [0.2, 0.25) is 0 Å². The lowest BCUT2D eigenvalue weighted by Crippen LogP contribution is -2.17. The highest BCUT2D eigenvalue weighted by Gasteiger charge is 2.10. The van der Waals surface area contributed by atoms with E-state index in [1.807, 2.05) is 18.2 Å². The molecule has 0 aliphatic heterocycles. The average molecular weight is 459 g/mol. The largest absolute Gasteiger partial charge is 0.507 e. The summed E-state index contributed by atoms with van der Waals surface area (Å²) in [7, 11) is 0. The van der Waals surface area contributed by atoms with E-state index in [-0.39, 0.29) is 16.9 Å². The molecule has 170 valence electrons. The fourth-order valence-electron chi connectivity index (χ4n) is 4.31. The van der Waals surface area contributed by atoms with Crippen LogP contribution < -0.4 is 5.43 Å². The van der Waals surface area contributed by atoms with Crippen molar-refractivity contribution in [2.24, 2.45) is 5.10 Å². The number of aromatic nitrogens is 1. The number of benzene rings is 4. The van der Waals surface area contributed by atoms with Crippen molar-refractivity contribution in [3.05, 3.63) is 113 Å². The molecule has 1 heterocycles. The van der Waals surface area contributed by atoms with Gasteiger partial charge in [0, 0.05) is 34.8 Å². The summed E-state index contributed by atoms with van der Waals surface area (Å²) < 4.78 is 2.22. The van der Waals surface area contributed by atoms with Crippen molar-refractivity contribution in [3.8, 4) is 11.8 Å². The van der Waals surface area contributed by atoms with E-state index in [1.165, 1.54) is 40.1 Å². The summed E-state index contributed by atoms with van der Waals surface area (Å²) in [6.45, 7) is 2.89. The lowest BCUT2D eigenvalue weighted by atomic mass is 9.99. The molecule has 6 heteroatoms. The van der Waals surface area contributed by atoms with Gasteiger partial charge in [0.1, 0.15) is 11.8 Å². The van der Waals surface area contributed by atoms with Gasteiger partial charge in [-0.1, -0.05) is 48.5 Å². The minimum Gasteiger partial charge on any atom is -0.507 e. The highest BCUT2D eigenvalue weighted by atomic mass is 16.3. The van der Waals surface area contributed by atoms with Crippen molar-refractivity contribution >= 4 is 33.8 Å². The normalized spacial score (nSPS) is 11.2. The third-order valence-corrected chi connectivity index (χ3v) is 6.20. The number of nitrogens with zero attached hydrogens (tertiary/aromatic N) is 3. The van der Waals surface area contributed by atoms with Crippen LogP contribution >= 0.6 is 0 Å². The second-order valence-electron chi connectivity index (χ2n) is 8.35. The molecule has 0 spiro atoms. The molecule has 0 unspecified atom stereocenters. The van der Waals surface area contributed by atoms with E-state index in [0.29, 0.717) is 0 Å². The van der Waals surface area contributed by atoms with Crippen LogP contribution in [0.3, 0.4) is 0 Å². The molecule has 0 fully saturated rings. The molecule has 0 aliphatic rings. The fourth-order valence-corrected chi connectivity index (χ4v) is 4.31. The first-order valence-electron chi connectivity index (χ1n) is 11.2. The number of rotatable bonds is 5. The van der Waals surface area contributed by atoms with Crippen molar-refractivity contribution in [1.29, 1.82) is 5.26 Å². The summed E-state index contributed by atoms with van der Waals surface area (Å²) in [5, 5.41) is 26.3. The van der Waals surface area contributed by atoms with Gasteiger partial charge >= 0.3 is 0 Å². The Balaban J connectivity index is 1.40. The number of hydrazone groups is 1. The smallest absolute Gasteiger partial charge is 0.271 e. The number of hydrogen-bond acceptors (Lipinski definition) is 4. The molecule has 0 saturated heterocycles. The van der Waals surface area contributed by atoms with Crippen LogP contribution in [0.4, 0.5) is 0 Å². The first-order valence-corrected chi connectivity index (χ1v) is 11.2. The molecule has 0 atom stereocenters. The van der Waals surface area contributed by atoms with Crippen molar-refractivity contribution in [3.63, 3.8) is 0 Å². The number of nitriles is 1. The Kier molecular flexibility index (Phi) is 5.74. The molecule has 0 saturated carbocycles. The number of fused-ring (bicyclic) bond motifs is 2. The molecular formula is C29H22N4O2. The molecule has 6 nitrogen and oxygen atoms in total. The van der Waals surface area contributed by atoms with E-state index in [4.69, 9.17) is 5.26 Å². The summed E-state index contributed by atoms with van der Waals surface area (Å²) in [6, 6.07) is 26.7. The van der Waals surface area contributed by atoms with Crippen LogP contribution in [0.2, 0.25) is 0 Å². The summed E-state index contributed by atoms with van der Waals surface area (Å²) in [4.78, 5) is 12.4. The molecule has 0 bridgehead atoms. The van der Waals surface area contributed by atoms with Gasteiger partial charge in [-0.25, -0.2) is 5.43 Å². The van der Waals surface area contributed by atoms with E-state index in [1.54, 1.807) is 6.21 Å². The van der Waals surface area contributed by atoms with E-state index in [2.05, 4.69) is 76.7 Å². The Labute approximate surface area is 202 Å². The van der Waals surface area contributed by atoms with Crippen molar-refractivity contribution in [2.45, 2.75) is 13.5 Å². The first kappa shape index (κ1) is 21.9. The van der Waals surface area contributed by atoms with Gasteiger partial charge in [-0.2, -0.15) is 10.4 Å². The topological polar surface area (TPSA) is 90.4 Å². The summed E-state index contributed by atoms with van der Waals surface area (Å²) in [6.07, 6.45) is 3.68. The van der Waals surface area contributed by atoms with Crippen molar-refractivity contribution < 1.29 is 9.90 Å². The van der Waals surface area contributed by atoms with E-state index < -0.39 is 5.91 Å². The fraction of sp³-hybridized carbons (Fsp3) is 0.0690. The molecule has 5 rings (SSSR count). The first-order chi connectivity index (χ1) is 17.0. The summed E-state index contributed by atoms with van der Waals surface area (Å²) in [5.41, 5.74) is 7.26. The maximum absolute atomic E-state index is 12.4. The number of phenolic OH excluding ortho intramolecular Hbond substituents is 1. The van der Waals surface area contributed by atoms with Crippen molar-refractivity contribution in [1.82, 2.24) is 9.99 Å². The van der Waals surface area contributed by atoms with Gasteiger partial charge in [0.25, 0.3) is 5.91 Å². The van der Waals surface area contributed by atoms with Crippen LogP contribution in [0.5, 0.6) is 5.75 Å². The zero-order valence-electron chi connectivity index (χ0n) is 19.1. The number of amides is 1. The number of phenols is 1. The molecule has 0 aliphatic carbocycles. The minimum atomic E-state index is -0.464. The Morgan fingerprint density at radius 2 is 1.91 bits per heavy atom. The highest BCUT2D eigenvalue weighted by Crippen LogP contribution is 2.26. The Morgan fingerprint density at radius 1 is 1.06 bits per heavy atom. The Morgan fingerprint density at radius 3 is 2.77 bits per heavy atom. The maximum Gasteiger partial charge on any atom is 0.271 e. The van der Waals surface area contributed by atoms with Gasteiger partial charge in [-0.3, -0.25) is 4.79 Å². The zero-order valence-corrected chi connectivity index (χ0v) is 19.1. The van der Waals surface area contributed by atoms with E-state index in [0.717, 1.165) is 23.0 Å². The van der Waals surface area contributed by atoms with Crippen molar-refractivity contribution in [2.75, 3.05) is 0 Å². The Hall–Kier alpha value is -4.89. The molecular weight excluding hydrogens is 436 g/mol. The van der Waals surface area contributed by atoms with Gasteiger partial charge in [-0.15, -0.1) is 0 Å². The standard InChI is InChI=1S/C29H22N4O2/c1-19-9-10-20-5-2-3-7-24(20)26(19)18-33-14-13-25-22(6-4-8-27(25)33)17-31-32-29(35)21-11-12-28(34)23(15-21)16-30/h2-15,17,34H,18H2,1H3,(H,32,35)/b31-17+. The van der Waals surface area contributed by atoms with E-state index >= 15 is 0 Å². The lowest BCUT2D eigenvalue weighted by molar-refractivity contribution is 0.0955. The van der Waals surface area contributed by atoms with Gasteiger partial charge in [0.15, 0.2) is 0 Å². The lowest BCUT2D eigenvalue weighted by Gasteiger charge is -2.13. The number of hydrogen-bond donors (Lipinski definition) is 2. The highest BCUT2D eigenvalue weighted by molar-refractivity contribution is 6.00. The number of aryl methyl sites for hydroxylation is 1. The number of carbonyl (C=O) groups excluding carboxylic acids is 1. The molecule has 4 aromatic carbocycles. The predicted molar refractivity (Wildman–Crippen MR) is 138 cm³/mol. The van der Waals surface area contributed by atoms with Gasteiger partial charge < -0.3 is 9.67 Å². The SMILES string of the molecule is Cc1ccc2ccccc2c1Cn1ccc2c(/C=N/NC(=O)c3ccc(O)c(C#N)c3)cccc21.